The zero-order valence-electron chi connectivity index (χ0n) is 43.7. The molecule has 3 saturated carbocycles. The lowest BCUT2D eigenvalue weighted by atomic mass is 9.47. The van der Waals surface area contributed by atoms with Gasteiger partial charge in [-0.2, -0.15) is 13.0 Å². The minimum absolute atomic E-state index is 0.0400. The van der Waals surface area contributed by atoms with E-state index >= 15 is 0 Å². The number of carbonyl (C=O) groups excluding carboxylic acids is 5. The van der Waals surface area contributed by atoms with Crippen LogP contribution in [0.15, 0.2) is 72.3 Å². The van der Waals surface area contributed by atoms with Crippen molar-refractivity contribution >= 4 is 73.0 Å². The van der Waals surface area contributed by atoms with Crippen LogP contribution in [0.5, 0.6) is 5.75 Å². The molecule has 3 fully saturated rings. The summed E-state index contributed by atoms with van der Waals surface area (Å²) >= 11 is 1.68. The second-order valence-corrected chi connectivity index (χ2v) is 25.1. The molecule has 3 N–H and O–H groups in total. The Morgan fingerprint density at radius 3 is 2.10 bits per heavy atom. The first-order chi connectivity index (χ1) is 34.7. The van der Waals surface area contributed by atoms with Crippen LogP contribution in [0.4, 0.5) is 0 Å². The molecule has 0 spiro atoms. The molecule has 73 heavy (non-hydrogen) atoms. The molecule has 13 nitrogen and oxygen atoms in total. The van der Waals surface area contributed by atoms with Crippen molar-refractivity contribution in [2.24, 2.45) is 28.6 Å². The number of thioether (sulfide) groups is 1. The van der Waals surface area contributed by atoms with E-state index in [2.05, 4.69) is 36.0 Å². The Kier molecular flexibility index (Phi) is 16.7. The molecule has 5 unspecified atom stereocenters. The maximum atomic E-state index is 14.2. The third kappa shape index (κ3) is 11.8. The van der Waals surface area contributed by atoms with Gasteiger partial charge in [0.05, 0.1) is 54.5 Å². The molecule has 0 bridgehead atoms. The molecule has 4 aromatic rings. The summed E-state index contributed by atoms with van der Waals surface area (Å²) in [5, 5.41) is 7.94. The molecule has 1 heterocycles. The minimum atomic E-state index is -4.14. The zero-order valence-corrected chi connectivity index (χ0v) is 45.4. The number of quaternary nitrogens is 1. The number of para-hydroxylation sites is 2. The molecule has 1 aromatic heterocycles. The summed E-state index contributed by atoms with van der Waals surface area (Å²) in [5.41, 5.74) is 5.05. The molecule has 0 radical (unpaired) electrons. The van der Waals surface area contributed by atoms with Crippen molar-refractivity contribution < 1.29 is 50.7 Å². The molecule has 7 atom stereocenters. The highest BCUT2D eigenvalue weighted by atomic mass is 32.2. The van der Waals surface area contributed by atoms with Crippen LogP contribution >= 0.6 is 11.8 Å². The van der Waals surface area contributed by atoms with Crippen molar-refractivity contribution in [2.45, 2.75) is 123 Å². The van der Waals surface area contributed by atoms with Gasteiger partial charge in [0.15, 0.2) is 5.78 Å². The fourth-order valence-corrected chi connectivity index (χ4v) is 15.2. The number of carbonyl (C=O) groups is 5. The number of ether oxygens (including phenoxy) is 1. The number of aryl methyl sites for hydroxylation is 3. The second kappa shape index (κ2) is 22.5. The largest absolute Gasteiger partial charge is 0.422 e. The molecular weight excluding hydrogens is 961 g/mol. The highest BCUT2D eigenvalue weighted by molar-refractivity contribution is 8.00. The van der Waals surface area contributed by atoms with Crippen molar-refractivity contribution in [2.75, 3.05) is 51.3 Å². The Hall–Kier alpha value is -4.96. The monoisotopic (exact) mass is 1040 g/mol. The number of hydrogen-bond acceptors (Lipinski definition) is 9. The quantitative estimate of drug-likeness (QED) is 0.0139. The predicted octanol–water partition coefficient (Wildman–Crippen LogP) is 9.08. The van der Waals surface area contributed by atoms with E-state index in [0.29, 0.717) is 114 Å². The van der Waals surface area contributed by atoms with Gasteiger partial charge in [0.1, 0.15) is 18.1 Å². The van der Waals surface area contributed by atoms with Gasteiger partial charge in [0.25, 0.3) is 16.0 Å². The van der Waals surface area contributed by atoms with Gasteiger partial charge in [-0.25, -0.2) is 4.79 Å². The molecule has 8 rings (SSSR count). The van der Waals surface area contributed by atoms with Gasteiger partial charge in [0, 0.05) is 80.0 Å². The van der Waals surface area contributed by atoms with Crippen molar-refractivity contribution in [1.29, 1.82) is 0 Å². The number of allylic oxidation sites excluding steroid dienone is 1. The Labute approximate surface area is 436 Å². The van der Waals surface area contributed by atoms with Crippen LogP contribution in [0.1, 0.15) is 130 Å². The van der Waals surface area contributed by atoms with E-state index in [-0.39, 0.29) is 51.6 Å². The summed E-state index contributed by atoms with van der Waals surface area (Å²) < 4.78 is 41.8. The number of ketones is 2. The first-order valence-corrected chi connectivity index (χ1v) is 29.3. The van der Waals surface area contributed by atoms with Crippen molar-refractivity contribution in [3.63, 3.8) is 0 Å². The molecule has 2 amide bonds. The standard InChI is InChI=1S/C58H74N4O9S2/c1-7-8-28-61-47-18-11-9-16-43(47)52(44-17-10-12-19-48(44)61)56(67)71-54-38(2)33-40(34-39(54)3)55(66)60-27-14-30-62(6,31-15-32-73(68,69)70)29-13-26-59-51(65)37-72-49-36-41-35-42(63)22-24-57(41,4)46-23-25-58(5)45(53(46)49)20-21-50(58)64/h9-12,16-19,33-35,45-46,49,53H,7-8,13-15,20-32,36-37H2,1-6H3,(H-2,59,60,65,66,68,69,70)/p+2/t45?,46?,49?,53?,57-,58-,62?/m0/s1. The van der Waals surface area contributed by atoms with E-state index < -0.39 is 16.1 Å². The summed E-state index contributed by atoms with van der Waals surface area (Å²) in [6.45, 7) is 13.7. The maximum absolute atomic E-state index is 14.2. The lowest BCUT2D eigenvalue weighted by Gasteiger charge is -2.59. The van der Waals surface area contributed by atoms with E-state index in [4.69, 9.17) is 4.74 Å². The number of pyridine rings is 1. The van der Waals surface area contributed by atoms with Crippen LogP contribution in [-0.2, 0) is 31.0 Å². The first-order valence-electron chi connectivity index (χ1n) is 26.6. The Balaban J connectivity index is 0.850. The minimum Gasteiger partial charge on any atom is -0.422 e. The number of nitrogens with zero attached hydrogens (tertiary/aromatic N) is 2. The average Bonchev–Trinajstić information content (AvgIpc) is 3.66. The van der Waals surface area contributed by atoms with Crippen LogP contribution in [0, 0.1) is 42.4 Å². The molecule has 3 aromatic carbocycles. The van der Waals surface area contributed by atoms with Gasteiger partial charge in [0.2, 0.25) is 16.9 Å². The van der Waals surface area contributed by atoms with Crippen LogP contribution < -0.4 is 19.9 Å². The number of aromatic nitrogens is 1. The number of unbranched alkanes of at least 4 members (excludes halogenated alkanes) is 1. The predicted molar refractivity (Wildman–Crippen MR) is 287 cm³/mol. The number of Topliss-reactive ketones (excluding diaryl/α,β-unsaturated/α-hetero) is 1. The molecule has 0 aliphatic heterocycles. The van der Waals surface area contributed by atoms with Gasteiger partial charge < -0.3 is 19.9 Å². The summed E-state index contributed by atoms with van der Waals surface area (Å²) in [4.78, 5) is 67.1. The van der Waals surface area contributed by atoms with E-state index in [1.54, 1.807) is 23.9 Å². The fourth-order valence-electron chi connectivity index (χ4n) is 13.4. The molecule has 4 aliphatic carbocycles. The highest BCUT2D eigenvalue weighted by Gasteiger charge is 2.61. The third-order valence-electron chi connectivity index (χ3n) is 17.3. The number of esters is 1. The van der Waals surface area contributed by atoms with Crippen LogP contribution in [0.2, 0.25) is 0 Å². The highest BCUT2D eigenvalue weighted by Crippen LogP contribution is 2.66. The maximum Gasteiger partial charge on any atom is 0.345 e. The third-order valence-corrected chi connectivity index (χ3v) is 19.5. The number of benzene rings is 3. The number of nitrogens with one attached hydrogen (secondary N) is 2. The molecule has 392 valence electrons. The lowest BCUT2D eigenvalue weighted by Crippen LogP contribution is -2.55. The van der Waals surface area contributed by atoms with Crippen molar-refractivity contribution in [3.05, 3.63) is 94.6 Å². The van der Waals surface area contributed by atoms with Crippen molar-refractivity contribution in [1.82, 2.24) is 10.6 Å². The van der Waals surface area contributed by atoms with Crippen LogP contribution in [-0.4, -0.2) is 103 Å². The summed E-state index contributed by atoms with van der Waals surface area (Å²) in [6, 6.07) is 19.3. The first kappa shape index (κ1) is 54.3. The molecular formula is C58H76N4O9S2+2. The van der Waals surface area contributed by atoms with Gasteiger partial charge in [-0.15, -0.1) is 11.8 Å². The number of amides is 2. The Morgan fingerprint density at radius 1 is 0.836 bits per heavy atom. The second-order valence-electron chi connectivity index (χ2n) is 22.3. The van der Waals surface area contributed by atoms with E-state index in [0.717, 1.165) is 73.3 Å². The average molecular weight is 1040 g/mol. The molecule has 4 aliphatic rings. The number of rotatable bonds is 21. The van der Waals surface area contributed by atoms with E-state index in [9.17, 15) is 36.9 Å². The molecule has 15 heteroatoms. The van der Waals surface area contributed by atoms with Gasteiger partial charge >= 0.3 is 5.97 Å². The van der Waals surface area contributed by atoms with Crippen LogP contribution in [0.25, 0.3) is 21.8 Å². The number of hydrogen-bond donors (Lipinski definition) is 3. The Bertz CT molecular complexity index is 2860. The van der Waals surface area contributed by atoms with Crippen molar-refractivity contribution in [3.8, 4) is 5.75 Å². The smallest absolute Gasteiger partial charge is 0.345 e. The van der Waals surface area contributed by atoms with Gasteiger partial charge in [-0.05, 0) is 111 Å². The SMILES string of the molecule is CCCC[n+]1c2ccccc2c(C(=O)Oc2c(C)cc(C(=O)NCCC[N+](C)(CCCNC(=O)CSC3CC4=CC(=O)CC[C@]4(C)C4CC[C@]5(C)C(=O)CCC5C34)CCCS(=O)(=O)O)cc2C)c2ccccc21. The fraction of sp³-hybridized carbons (Fsp3) is 0.552. The van der Waals surface area contributed by atoms with E-state index in [1.807, 2.05) is 75.5 Å². The summed E-state index contributed by atoms with van der Waals surface area (Å²) in [6.07, 6.45) is 11.0. The normalized spacial score (nSPS) is 24.6. The zero-order chi connectivity index (χ0) is 52.3. The lowest BCUT2D eigenvalue weighted by molar-refractivity contribution is -0.909. The summed E-state index contributed by atoms with van der Waals surface area (Å²) in [5.74, 6) is 1.13. The van der Waals surface area contributed by atoms with Crippen LogP contribution in [0.3, 0.4) is 0 Å². The van der Waals surface area contributed by atoms with E-state index in [1.165, 1.54) is 5.57 Å². The summed E-state index contributed by atoms with van der Waals surface area (Å²) in [7, 11) is -2.11. The topological polar surface area (TPSA) is 177 Å². The van der Waals surface area contributed by atoms with Gasteiger partial charge in [-0.1, -0.05) is 57.0 Å². The Morgan fingerprint density at radius 2 is 1.45 bits per heavy atom. The van der Waals surface area contributed by atoms with Gasteiger partial charge in [-0.3, -0.25) is 23.7 Å². The number of fused-ring (bicyclic) bond motifs is 7. The molecule has 0 saturated heterocycles.